The van der Waals surface area contributed by atoms with Gasteiger partial charge in [-0.1, -0.05) is 0 Å². The van der Waals surface area contributed by atoms with Crippen LogP contribution in [0.5, 0.6) is 11.5 Å². The van der Waals surface area contributed by atoms with Crippen molar-refractivity contribution >= 4 is 28.3 Å². The number of carbonyl (C=O) groups excluding carboxylic acids is 1. The Kier molecular flexibility index (Phi) is 3.98. The molecule has 8 heteroatoms. The fourth-order valence-electron chi connectivity index (χ4n) is 2.34. The van der Waals surface area contributed by atoms with Crippen LogP contribution in [-0.2, 0) is 4.74 Å². The quantitative estimate of drug-likeness (QED) is 0.701. The monoisotopic (exact) mass is 347 g/mol. The molecule has 0 aliphatic carbocycles. The van der Waals surface area contributed by atoms with E-state index in [1.54, 1.807) is 19.2 Å². The van der Waals surface area contributed by atoms with E-state index >= 15 is 0 Å². The Labute approximate surface area is 139 Å². The highest BCUT2D eigenvalue weighted by Crippen LogP contribution is 2.32. The number of aromatic hydroxyl groups is 2. The summed E-state index contributed by atoms with van der Waals surface area (Å²) in [5.41, 5.74) is -0.548. The number of phenolic OH excluding ortho intramolecular Hbond substituents is 2. The molecular weight excluding hydrogens is 334 g/mol. The number of carbonyl (C=O) groups is 1. The van der Waals surface area contributed by atoms with Crippen LogP contribution >= 0.6 is 11.3 Å². The van der Waals surface area contributed by atoms with Crippen LogP contribution in [0.2, 0.25) is 0 Å². The van der Waals surface area contributed by atoms with Gasteiger partial charge in [0.1, 0.15) is 22.5 Å². The van der Waals surface area contributed by atoms with Crippen LogP contribution in [0.4, 0.5) is 0 Å². The number of aromatic nitrogens is 1. The summed E-state index contributed by atoms with van der Waals surface area (Å²) in [5.74, 6) is -1.87. The van der Waals surface area contributed by atoms with Crippen molar-refractivity contribution in [3.8, 4) is 22.8 Å². The second-order valence-corrected chi connectivity index (χ2v) is 6.01. The average Bonchev–Trinajstić information content (AvgIpc) is 2.92. The lowest BCUT2D eigenvalue weighted by atomic mass is 10.1. The van der Waals surface area contributed by atoms with Gasteiger partial charge in [-0.3, -0.25) is 4.79 Å². The summed E-state index contributed by atoms with van der Waals surface area (Å²) in [4.78, 5) is 29.3. The molecule has 2 heterocycles. The molecule has 7 nitrogen and oxygen atoms in total. The average molecular weight is 347 g/mol. The Balaban J connectivity index is 2.42. The molecule has 0 saturated carbocycles. The van der Waals surface area contributed by atoms with E-state index in [0.717, 1.165) is 12.1 Å². The zero-order valence-electron chi connectivity index (χ0n) is 12.8. The zero-order chi connectivity index (χ0) is 17.4. The molecule has 24 heavy (non-hydrogen) atoms. The molecule has 0 unspecified atom stereocenters. The molecule has 3 rings (SSSR count). The third-order valence-electron chi connectivity index (χ3n) is 3.30. The van der Waals surface area contributed by atoms with Gasteiger partial charge < -0.3 is 19.4 Å². The molecule has 0 saturated heterocycles. The van der Waals surface area contributed by atoms with Gasteiger partial charge in [-0.2, -0.15) is 0 Å². The van der Waals surface area contributed by atoms with E-state index in [1.807, 2.05) is 0 Å². The van der Waals surface area contributed by atoms with Gasteiger partial charge in [0.25, 0.3) is 0 Å². The van der Waals surface area contributed by atoms with E-state index in [1.165, 1.54) is 11.3 Å². The first-order valence-corrected chi connectivity index (χ1v) is 7.92. The molecular formula is C16H13NO6S. The highest BCUT2D eigenvalue weighted by Gasteiger charge is 2.26. The van der Waals surface area contributed by atoms with Gasteiger partial charge in [-0.05, 0) is 13.8 Å². The number of hydrogen-bond acceptors (Lipinski definition) is 8. The number of rotatable bonds is 3. The number of hydrogen-bond donors (Lipinski definition) is 2. The van der Waals surface area contributed by atoms with Crippen LogP contribution in [0.15, 0.2) is 26.7 Å². The molecule has 3 aromatic rings. The molecule has 2 aromatic heterocycles. The van der Waals surface area contributed by atoms with Crippen LogP contribution in [0.1, 0.15) is 22.5 Å². The van der Waals surface area contributed by atoms with Crippen LogP contribution in [0, 0.1) is 6.92 Å². The van der Waals surface area contributed by atoms with Crippen molar-refractivity contribution in [1.82, 2.24) is 4.98 Å². The number of benzene rings is 1. The fourth-order valence-corrected chi connectivity index (χ4v) is 2.94. The molecule has 0 aliphatic rings. The summed E-state index contributed by atoms with van der Waals surface area (Å²) in [6.07, 6.45) is 0. The zero-order valence-corrected chi connectivity index (χ0v) is 13.6. The van der Waals surface area contributed by atoms with E-state index in [0.29, 0.717) is 5.01 Å². The van der Waals surface area contributed by atoms with Gasteiger partial charge in [0, 0.05) is 17.5 Å². The van der Waals surface area contributed by atoms with Crippen molar-refractivity contribution in [1.29, 1.82) is 0 Å². The predicted molar refractivity (Wildman–Crippen MR) is 87.6 cm³/mol. The van der Waals surface area contributed by atoms with E-state index in [2.05, 4.69) is 4.98 Å². The van der Waals surface area contributed by atoms with Gasteiger partial charge in [-0.15, -0.1) is 11.3 Å². The number of fused-ring (bicyclic) bond motifs is 1. The second kappa shape index (κ2) is 5.97. The van der Waals surface area contributed by atoms with Crippen molar-refractivity contribution < 1.29 is 24.2 Å². The summed E-state index contributed by atoms with van der Waals surface area (Å²) in [6, 6.07) is 2.18. The number of nitrogens with zero attached hydrogens (tertiary/aromatic N) is 1. The fraction of sp³-hybridized carbons (Fsp3) is 0.188. The van der Waals surface area contributed by atoms with E-state index in [9.17, 15) is 19.8 Å². The Morgan fingerprint density at radius 3 is 2.75 bits per heavy atom. The first kappa shape index (κ1) is 16.0. The first-order valence-electron chi connectivity index (χ1n) is 7.04. The number of aryl methyl sites for hydroxylation is 1. The summed E-state index contributed by atoms with van der Waals surface area (Å²) >= 11 is 1.31. The van der Waals surface area contributed by atoms with Crippen molar-refractivity contribution in [2.45, 2.75) is 13.8 Å². The molecule has 1 aromatic carbocycles. The number of ether oxygens (including phenoxy) is 1. The molecule has 0 amide bonds. The maximum atomic E-state index is 12.9. The molecule has 0 atom stereocenters. The minimum Gasteiger partial charge on any atom is -0.508 e. The van der Waals surface area contributed by atoms with Crippen molar-refractivity contribution in [3.63, 3.8) is 0 Å². The van der Waals surface area contributed by atoms with Crippen LogP contribution in [-0.4, -0.2) is 27.8 Å². The van der Waals surface area contributed by atoms with Crippen molar-refractivity contribution in [3.05, 3.63) is 38.5 Å². The molecule has 0 bridgehead atoms. The van der Waals surface area contributed by atoms with Gasteiger partial charge in [-0.25, -0.2) is 9.78 Å². The topological polar surface area (TPSA) is 110 Å². The standard InChI is InChI=1S/C16H13NO6S/c1-3-22-16(21)15-12(9-6-24-7(2)17-9)14(20)13-10(19)4-8(18)5-11(13)23-15/h4-6,18-19H,3H2,1-2H3. The van der Waals surface area contributed by atoms with E-state index in [-0.39, 0.29) is 40.3 Å². The minimum absolute atomic E-state index is 0.0775. The van der Waals surface area contributed by atoms with Crippen LogP contribution in [0.3, 0.4) is 0 Å². The van der Waals surface area contributed by atoms with Gasteiger partial charge >= 0.3 is 5.97 Å². The maximum Gasteiger partial charge on any atom is 0.375 e. The SMILES string of the molecule is CCOC(=O)c1oc2cc(O)cc(O)c2c(=O)c1-c1csc(C)n1. The Bertz CT molecular complexity index is 1000. The number of esters is 1. The van der Waals surface area contributed by atoms with Crippen molar-refractivity contribution in [2.75, 3.05) is 6.61 Å². The van der Waals surface area contributed by atoms with E-state index < -0.39 is 17.1 Å². The second-order valence-electron chi connectivity index (χ2n) is 4.95. The Morgan fingerprint density at radius 1 is 1.38 bits per heavy atom. The lowest BCUT2D eigenvalue weighted by Gasteiger charge is -2.09. The predicted octanol–water partition coefficient (Wildman–Crippen LogP) is 2.81. The number of phenols is 2. The minimum atomic E-state index is -0.819. The van der Waals surface area contributed by atoms with Crippen LogP contribution < -0.4 is 5.43 Å². The largest absolute Gasteiger partial charge is 0.508 e. The molecule has 0 radical (unpaired) electrons. The third-order valence-corrected chi connectivity index (χ3v) is 4.07. The summed E-state index contributed by atoms with van der Waals surface area (Å²) in [6.45, 7) is 3.49. The highest BCUT2D eigenvalue weighted by atomic mass is 32.1. The summed E-state index contributed by atoms with van der Waals surface area (Å²) < 4.78 is 10.4. The maximum absolute atomic E-state index is 12.9. The summed E-state index contributed by atoms with van der Waals surface area (Å²) in [7, 11) is 0. The lowest BCUT2D eigenvalue weighted by Crippen LogP contribution is -2.15. The summed E-state index contributed by atoms with van der Waals surface area (Å²) in [5, 5.41) is 21.7. The molecule has 2 N–H and O–H groups in total. The molecule has 124 valence electrons. The first-order chi connectivity index (χ1) is 11.4. The Morgan fingerprint density at radius 2 is 2.12 bits per heavy atom. The molecule has 0 aliphatic heterocycles. The smallest absolute Gasteiger partial charge is 0.375 e. The van der Waals surface area contributed by atoms with Gasteiger partial charge in [0.05, 0.1) is 22.9 Å². The van der Waals surface area contributed by atoms with Gasteiger partial charge in [0.15, 0.2) is 0 Å². The molecule has 0 fully saturated rings. The third kappa shape index (κ3) is 2.61. The van der Waals surface area contributed by atoms with Crippen LogP contribution in [0.25, 0.3) is 22.2 Å². The normalized spacial score (nSPS) is 10.9. The number of thiazole rings is 1. The highest BCUT2D eigenvalue weighted by molar-refractivity contribution is 7.09. The van der Waals surface area contributed by atoms with Crippen molar-refractivity contribution in [2.24, 2.45) is 0 Å². The van der Waals surface area contributed by atoms with E-state index in [4.69, 9.17) is 9.15 Å². The lowest BCUT2D eigenvalue weighted by molar-refractivity contribution is 0.0492. The Hall–Kier alpha value is -2.87. The van der Waals surface area contributed by atoms with Gasteiger partial charge in [0.2, 0.25) is 11.2 Å². The molecule has 0 spiro atoms.